The summed E-state index contributed by atoms with van der Waals surface area (Å²) in [5.74, 6) is -0.217. The number of amides is 2. The number of hydrogen-bond donors (Lipinski definition) is 1. The third kappa shape index (κ3) is 4.46. The summed E-state index contributed by atoms with van der Waals surface area (Å²) < 4.78 is 5.53. The van der Waals surface area contributed by atoms with E-state index in [1.165, 1.54) is 10.5 Å². The molecule has 4 rings (SSSR count). The summed E-state index contributed by atoms with van der Waals surface area (Å²) in [4.78, 5) is 28.7. The number of methoxy groups -OCH3 is 1. The van der Waals surface area contributed by atoms with E-state index in [-0.39, 0.29) is 17.5 Å². The molecule has 1 aliphatic rings. The van der Waals surface area contributed by atoms with Gasteiger partial charge in [0.05, 0.1) is 18.4 Å². The summed E-state index contributed by atoms with van der Waals surface area (Å²) in [6, 6.07) is 20.9. The third-order valence-electron chi connectivity index (χ3n) is 6.12. The maximum atomic E-state index is 13.7. The Labute approximate surface area is 201 Å². The second-order valence-corrected chi connectivity index (χ2v) is 8.61. The Hall–Kier alpha value is -3.86. The number of unbranched alkanes of at least 4 members (excludes halogenated alkanes) is 1. The van der Waals surface area contributed by atoms with E-state index in [1.807, 2.05) is 68.4 Å². The van der Waals surface area contributed by atoms with Gasteiger partial charge >= 0.3 is 0 Å². The predicted molar refractivity (Wildman–Crippen MR) is 137 cm³/mol. The van der Waals surface area contributed by atoms with Crippen molar-refractivity contribution in [3.63, 3.8) is 0 Å². The molecule has 0 saturated heterocycles. The molecular formula is C29H30N2O3. The van der Waals surface area contributed by atoms with Crippen LogP contribution in [0.25, 0.3) is 5.57 Å². The molecule has 0 saturated carbocycles. The second-order valence-electron chi connectivity index (χ2n) is 8.61. The molecule has 0 bridgehead atoms. The highest BCUT2D eigenvalue weighted by Crippen LogP contribution is 2.37. The number of nitrogens with one attached hydrogen (secondary N) is 1. The van der Waals surface area contributed by atoms with Crippen LogP contribution in [0.3, 0.4) is 0 Å². The Morgan fingerprint density at radius 3 is 2.32 bits per heavy atom. The Morgan fingerprint density at radius 2 is 1.65 bits per heavy atom. The second kappa shape index (κ2) is 9.96. The number of anilines is 2. The first kappa shape index (κ1) is 23.3. The zero-order chi connectivity index (χ0) is 24.2. The fourth-order valence-corrected chi connectivity index (χ4v) is 4.26. The highest BCUT2D eigenvalue weighted by molar-refractivity contribution is 6.46. The Bertz CT molecular complexity index is 1260. The van der Waals surface area contributed by atoms with Crippen molar-refractivity contribution in [3.8, 4) is 5.75 Å². The number of rotatable bonds is 8. The minimum Gasteiger partial charge on any atom is -0.496 e. The monoisotopic (exact) mass is 454 g/mol. The fourth-order valence-electron chi connectivity index (χ4n) is 4.26. The molecule has 1 N–H and O–H groups in total. The van der Waals surface area contributed by atoms with Gasteiger partial charge < -0.3 is 10.1 Å². The van der Waals surface area contributed by atoms with Crippen LogP contribution >= 0.6 is 0 Å². The molecule has 34 heavy (non-hydrogen) atoms. The van der Waals surface area contributed by atoms with E-state index in [0.29, 0.717) is 22.6 Å². The molecule has 1 aliphatic heterocycles. The van der Waals surface area contributed by atoms with Crippen LogP contribution in [-0.2, 0) is 16.0 Å². The van der Waals surface area contributed by atoms with Crippen LogP contribution in [0.2, 0.25) is 0 Å². The average molecular weight is 455 g/mol. The number of para-hydroxylation sites is 1. The maximum Gasteiger partial charge on any atom is 0.282 e. The van der Waals surface area contributed by atoms with Crippen LogP contribution in [0.5, 0.6) is 5.75 Å². The number of carbonyl (C=O) groups excluding carboxylic acids is 2. The summed E-state index contributed by atoms with van der Waals surface area (Å²) >= 11 is 0. The molecule has 0 aromatic heterocycles. The zero-order valence-electron chi connectivity index (χ0n) is 20.1. The van der Waals surface area contributed by atoms with Gasteiger partial charge in [-0.3, -0.25) is 9.59 Å². The molecule has 3 aromatic rings. The van der Waals surface area contributed by atoms with Gasteiger partial charge in [0, 0.05) is 11.3 Å². The largest absolute Gasteiger partial charge is 0.496 e. The van der Waals surface area contributed by atoms with E-state index in [4.69, 9.17) is 4.74 Å². The zero-order valence-corrected chi connectivity index (χ0v) is 20.1. The summed E-state index contributed by atoms with van der Waals surface area (Å²) in [6.45, 7) is 6.16. The summed E-state index contributed by atoms with van der Waals surface area (Å²) in [5.41, 5.74) is 5.78. The first-order valence-corrected chi connectivity index (χ1v) is 11.6. The quantitative estimate of drug-likeness (QED) is 0.421. The van der Waals surface area contributed by atoms with Crippen molar-refractivity contribution in [2.45, 2.75) is 40.0 Å². The Kier molecular flexibility index (Phi) is 6.82. The van der Waals surface area contributed by atoms with Gasteiger partial charge in [-0.1, -0.05) is 61.4 Å². The minimum absolute atomic E-state index is 0.247. The molecule has 0 atom stereocenters. The van der Waals surface area contributed by atoms with Crippen molar-refractivity contribution in [2.24, 2.45) is 0 Å². The van der Waals surface area contributed by atoms with E-state index in [9.17, 15) is 9.59 Å². The fraction of sp³-hybridized carbons (Fsp3) is 0.241. The molecule has 2 amide bonds. The average Bonchev–Trinajstić information content (AvgIpc) is 3.08. The molecule has 0 radical (unpaired) electrons. The van der Waals surface area contributed by atoms with Gasteiger partial charge in [0.2, 0.25) is 0 Å². The first-order chi connectivity index (χ1) is 16.4. The Morgan fingerprint density at radius 1 is 0.912 bits per heavy atom. The normalized spacial score (nSPS) is 13.6. The van der Waals surface area contributed by atoms with Crippen LogP contribution in [0.15, 0.2) is 72.4 Å². The number of aryl methyl sites for hydroxylation is 3. The van der Waals surface area contributed by atoms with Crippen molar-refractivity contribution in [1.29, 1.82) is 0 Å². The van der Waals surface area contributed by atoms with Gasteiger partial charge in [0.25, 0.3) is 11.8 Å². The van der Waals surface area contributed by atoms with Crippen molar-refractivity contribution in [2.75, 3.05) is 17.3 Å². The van der Waals surface area contributed by atoms with Gasteiger partial charge in [0.1, 0.15) is 11.4 Å². The van der Waals surface area contributed by atoms with E-state index < -0.39 is 0 Å². The molecule has 0 spiro atoms. The smallest absolute Gasteiger partial charge is 0.282 e. The van der Waals surface area contributed by atoms with Crippen LogP contribution in [0, 0.1) is 13.8 Å². The van der Waals surface area contributed by atoms with Gasteiger partial charge in [-0.15, -0.1) is 0 Å². The van der Waals surface area contributed by atoms with Crippen LogP contribution in [0.1, 0.15) is 42.0 Å². The van der Waals surface area contributed by atoms with Gasteiger partial charge in [-0.05, 0) is 62.1 Å². The molecule has 3 aromatic carbocycles. The lowest BCUT2D eigenvalue weighted by molar-refractivity contribution is -0.120. The Balaban J connectivity index is 1.78. The molecule has 174 valence electrons. The van der Waals surface area contributed by atoms with E-state index >= 15 is 0 Å². The number of ether oxygens (including phenoxy) is 1. The summed E-state index contributed by atoms with van der Waals surface area (Å²) in [5, 5.41) is 3.27. The molecule has 1 heterocycles. The van der Waals surface area contributed by atoms with Crippen LogP contribution in [-0.4, -0.2) is 18.9 Å². The number of carbonyl (C=O) groups is 2. The van der Waals surface area contributed by atoms with Gasteiger partial charge in [0.15, 0.2) is 0 Å². The molecule has 5 nitrogen and oxygen atoms in total. The highest BCUT2D eigenvalue weighted by Gasteiger charge is 2.41. The van der Waals surface area contributed by atoms with Crippen LogP contribution < -0.4 is 15.0 Å². The highest BCUT2D eigenvalue weighted by atomic mass is 16.5. The molecule has 0 aliphatic carbocycles. The minimum atomic E-state index is -0.382. The lowest BCUT2D eigenvalue weighted by Crippen LogP contribution is -2.32. The predicted octanol–water partition coefficient (Wildman–Crippen LogP) is 6.05. The summed E-state index contributed by atoms with van der Waals surface area (Å²) in [6.07, 6.45) is 3.19. The maximum absolute atomic E-state index is 13.7. The molecule has 0 fully saturated rings. The topological polar surface area (TPSA) is 58.6 Å². The molecular weight excluding hydrogens is 424 g/mol. The number of hydrogen-bond acceptors (Lipinski definition) is 4. The van der Waals surface area contributed by atoms with Crippen molar-refractivity contribution in [3.05, 3.63) is 94.7 Å². The van der Waals surface area contributed by atoms with Crippen molar-refractivity contribution in [1.82, 2.24) is 0 Å². The molecule has 0 unspecified atom stereocenters. The van der Waals surface area contributed by atoms with Gasteiger partial charge in [-0.25, -0.2) is 4.90 Å². The SMILES string of the molecule is CCCCc1ccc(N2C(=O)C(Nc3ccc(C)cc3C)=C(c3ccccc3OC)C2=O)cc1. The number of benzene rings is 3. The number of imide groups is 1. The van der Waals surface area contributed by atoms with E-state index in [1.54, 1.807) is 19.2 Å². The van der Waals surface area contributed by atoms with Gasteiger partial charge in [-0.2, -0.15) is 0 Å². The lowest BCUT2D eigenvalue weighted by Gasteiger charge is -2.16. The first-order valence-electron chi connectivity index (χ1n) is 11.6. The molecule has 5 heteroatoms. The number of nitrogens with zero attached hydrogens (tertiary/aromatic N) is 1. The summed E-state index contributed by atoms with van der Waals surface area (Å²) in [7, 11) is 1.56. The lowest BCUT2D eigenvalue weighted by atomic mass is 10.0. The third-order valence-corrected chi connectivity index (χ3v) is 6.12. The van der Waals surface area contributed by atoms with E-state index in [0.717, 1.165) is 36.1 Å². The van der Waals surface area contributed by atoms with Crippen LogP contribution in [0.4, 0.5) is 11.4 Å². The van der Waals surface area contributed by atoms with Crippen molar-refractivity contribution < 1.29 is 14.3 Å². The van der Waals surface area contributed by atoms with Crippen molar-refractivity contribution >= 4 is 28.8 Å². The standard InChI is InChI=1S/C29H30N2O3/c1-5-6-9-21-13-15-22(16-14-21)31-28(32)26(23-10-7-8-11-25(23)34-4)27(29(31)33)30-24-17-12-19(2)18-20(24)3/h7-8,10-18,30H,5-6,9H2,1-4H3. The van der Waals surface area contributed by atoms with E-state index in [2.05, 4.69) is 12.2 Å².